The fourth-order valence-electron chi connectivity index (χ4n) is 2.21. The number of nitrogens with one attached hydrogen (secondary N) is 1. The molecule has 2 rings (SSSR count). The van der Waals surface area contributed by atoms with Crippen LogP contribution < -0.4 is 5.32 Å². The summed E-state index contributed by atoms with van der Waals surface area (Å²) >= 11 is 4.78. The van der Waals surface area contributed by atoms with Gasteiger partial charge in [-0.2, -0.15) is 5.10 Å². The Morgan fingerprint density at radius 3 is 2.67 bits per heavy atom. The van der Waals surface area contributed by atoms with Crippen molar-refractivity contribution in [2.24, 2.45) is 0 Å². The standard InChI is InChI=1S/C16H20BrN3O3S/c1-5-23-16(22)14-9(2)11(4)24-15(14)19-13(21)6-7-20-10(3)12(17)8-18-20/h8H,5-7H2,1-4H3,(H,19,21). The maximum Gasteiger partial charge on any atom is 0.341 e. The second kappa shape index (κ2) is 7.94. The molecule has 0 fully saturated rings. The number of nitrogens with zero attached hydrogens (tertiary/aromatic N) is 2. The van der Waals surface area contributed by atoms with Gasteiger partial charge in [-0.25, -0.2) is 4.79 Å². The number of rotatable bonds is 6. The predicted molar refractivity (Wildman–Crippen MR) is 97.7 cm³/mol. The number of carbonyl (C=O) groups is 2. The van der Waals surface area contributed by atoms with Crippen molar-refractivity contribution in [3.63, 3.8) is 0 Å². The minimum absolute atomic E-state index is 0.159. The van der Waals surface area contributed by atoms with Gasteiger partial charge < -0.3 is 10.1 Å². The van der Waals surface area contributed by atoms with Crippen molar-refractivity contribution in [1.82, 2.24) is 9.78 Å². The molecule has 2 aromatic heterocycles. The molecule has 0 aliphatic heterocycles. The molecule has 0 aromatic carbocycles. The lowest BCUT2D eigenvalue weighted by Crippen LogP contribution is -2.17. The first-order valence-electron chi connectivity index (χ1n) is 7.60. The van der Waals surface area contributed by atoms with Crippen LogP contribution in [0.25, 0.3) is 0 Å². The molecule has 8 heteroatoms. The fraction of sp³-hybridized carbons (Fsp3) is 0.438. The SMILES string of the molecule is CCOC(=O)c1c(NC(=O)CCn2ncc(Br)c2C)sc(C)c1C. The molecule has 2 heterocycles. The quantitative estimate of drug-likeness (QED) is 0.729. The number of aryl methyl sites for hydroxylation is 2. The van der Waals surface area contributed by atoms with Gasteiger partial charge in [-0.1, -0.05) is 0 Å². The Morgan fingerprint density at radius 2 is 2.08 bits per heavy atom. The van der Waals surface area contributed by atoms with Gasteiger partial charge in [0, 0.05) is 17.0 Å². The van der Waals surface area contributed by atoms with Crippen molar-refractivity contribution < 1.29 is 14.3 Å². The molecule has 0 saturated carbocycles. The third kappa shape index (κ3) is 4.05. The smallest absolute Gasteiger partial charge is 0.341 e. The summed E-state index contributed by atoms with van der Waals surface area (Å²) < 4.78 is 7.77. The molecular formula is C16H20BrN3O3S. The number of amides is 1. The van der Waals surface area contributed by atoms with Crippen LogP contribution in [0.5, 0.6) is 0 Å². The zero-order chi connectivity index (χ0) is 17.9. The van der Waals surface area contributed by atoms with Crippen LogP contribution in [0.1, 0.15) is 39.8 Å². The van der Waals surface area contributed by atoms with Crippen molar-refractivity contribution in [3.8, 4) is 0 Å². The minimum Gasteiger partial charge on any atom is -0.462 e. The summed E-state index contributed by atoms with van der Waals surface area (Å²) in [4.78, 5) is 25.4. The van der Waals surface area contributed by atoms with Crippen molar-refractivity contribution in [2.45, 2.75) is 40.7 Å². The van der Waals surface area contributed by atoms with Crippen molar-refractivity contribution in [1.29, 1.82) is 0 Å². The first kappa shape index (κ1) is 18.7. The number of aromatic nitrogens is 2. The molecule has 2 aromatic rings. The Kier molecular flexibility index (Phi) is 6.17. The van der Waals surface area contributed by atoms with Gasteiger partial charge in [-0.15, -0.1) is 11.3 Å². The highest BCUT2D eigenvalue weighted by molar-refractivity contribution is 9.10. The normalized spacial score (nSPS) is 10.7. The maximum atomic E-state index is 12.2. The Morgan fingerprint density at radius 1 is 1.38 bits per heavy atom. The van der Waals surface area contributed by atoms with Crippen LogP contribution in [0.4, 0.5) is 5.00 Å². The van der Waals surface area contributed by atoms with E-state index in [1.54, 1.807) is 17.8 Å². The summed E-state index contributed by atoms with van der Waals surface area (Å²) in [6.45, 7) is 8.24. The number of ether oxygens (including phenoxy) is 1. The van der Waals surface area contributed by atoms with Crippen molar-refractivity contribution in [2.75, 3.05) is 11.9 Å². The topological polar surface area (TPSA) is 73.2 Å². The average molecular weight is 414 g/mol. The molecular weight excluding hydrogens is 394 g/mol. The molecule has 24 heavy (non-hydrogen) atoms. The second-order valence-electron chi connectivity index (χ2n) is 5.31. The van der Waals surface area contributed by atoms with Crippen LogP contribution >= 0.6 is 27.3 Å². The van der Waals surface area contributed by atoms with E-state index in [9.17, 15) is 9.59 Å². The molecule has 0 aliphatic carbocycles. The van der Waals surface area contributed by atoms with Gasteiger partial charge in [0.25, 0.3) is 0 Å². The molecule has 0 bridgehead atoms. The second-order valence-corrected chi connectivity index (χ2v) is 7.39. The molecule has 0 saturated heterocycles. The first-order chi connectivity index (χ1) is 11.3. The Balaban J connectivity index is 2.07. The summed E-state index contributed by atoms with van der Waals surface area (Å²) in [6, 6.07) is 0. The minimum atomic E-state index is -0.401. The summed E-state index contributed by atoms with van der Waals surface area (Å²) in [5.41, 5.74) is 2.27. The van der Waals surface area contributed by atoms with Crippen LogP contribution in [0.3, 0.4) is 0 Å². The van der Waals surface area contributed by atoms with E-state index in [1.807, 2.05) is 20.8 Å². The molecule has 130 valence electrons. The summed E-state index contributed by atoms with van der Waals surface area (Å²) in [5, 5.41) is 7.58. The predicted octanol–water partition coefficient (Wildman–Crippen LogP) is 3.84. The van der Waals surface area contributed by atoms with Gasteiger partial charge in [0.1, 0.15) is 5.00 Å². The third-order valence-electron chi connectivity index (χ3n) is 3.71. The van der Waals surface area contributed by atoms with Crippen molar-refractivity contribution in [3.05, 3.63) is 32.4 Å². The van der Waals surface area contributed by atoms with E-state index in [0.717, 1.165) is 20.6 Å². The van der Waals surface area contributed by atoms with E-state index >= 15 is 0 Å². The van der Waals surface area contributed by atoms with Gasteiger partial charge in [-0.05, 0) is 49.2 Å². The molecule has 0 radical (unpaired) electrons. The summed E-state index contributed by atoms with van der Waals surface area (Å²) in [7, 11) is 0. The highest BCUT2D eigenvalue weighted by Gasteiger charge is 2.22. The first-order valence-corrected chi connectivity index (χ1v) is 9.21. The largest absolute Gasteiger partial charge is 0.462 e. The van der Waals surface area contributed by atoms with Crippen LogP contribution in [-0.2, 0) is 16.1 Å². The van der Waals surface area contributed by atoms with Crippen LogP contribution in [-0.4, -0.2) is 28.3 Å². The number of halogens is 1. The number of carbonyl (C=O) groups excluding carboxylic acids is 2. The number of thiophene rings is 1. The molecule has 0 unspecified atom stereocenters. The van der Waals surface area contributed by atoms with Gasteiger partial charge in [-0.3, -0.25) is 9.48 Å². The number of hydrogen-bond donors (Lipinski definition) is 1. The van der Waals surface area contributed by atoms with E-state index in [1.165, 1.54) is 11.3 Å². The zero-order valence-corrected chi connectivity index (χ0v) is 16.5. The van der Waals surface area contributed by atoms with Crippen LogP contribution in [0.2, 0.25) is 0 Å². The molecule has 0 spiro atoms. The monoisotopic (exact) mass is 413 g/mol. The lowest BCUT2D eigenvalue weighted by molar-refractivity contribution is -0.116. The molecule has 6 nitrogen and oxygen atoms in total. The third-order valence-corrected chi connectivity index (χ3v) is 5.61. The van der Waals surface area contributed by atoms with Crippen LogP contribution in [0.15, 0.2) is 10.7 Å². The Labute approximate surface area is 153 Å². The number of anilines is 1. The highest BCUT2D eigenvalue weighted by Crippen LogP contribution is 2.33. The Bertz CT molecular complexity index is 767. The van der Waals surface area contributed by atoms with Gasteiger partial charge in [0.15, 0.2) is 0 Å². The van der Waals surface area contributed by atoms with E-state index < -0.39 is 5.97 Å². The molecule has 1 N–H and O–H groups in total. The van der Waals surface area contributed by atoms with Gasteiger partial charge in [0.2, 0.25) is 5.91 Å². The number of hydrogen-bond acceptors (Lipinski definition) is 5. The zero-order valence-electron chi connectivity index (χ0n) is 14.1. The van der Waals surface area contributed by atoms with Gasteiger partial charge >= 0.3 is 5.97 Å². The van der Waals surface area contributed by atoms with Crippen molar-refractivity contribution >= 4 is 44.1 Å². The molecule has 1 amide bonds. The van der Waals surface area contributed by atoms with E-state index in [0.29, 0.717) is 23.7 Å². The summed E-state index contributed by atoms with van der Waals surface area (Å²) in [5.74, 6) is -0.561. The molecule has 0 atom stereocenters. The fourth-order valence-corrected chi connectivity index (χ4v) is 3.57. The maximum absolute atomic E-state index is 12.2. The number of esters is 1. The highest BCUT2D eigenvalue weighted by atomic mass is 79.9. The van der Waals surface area contributed by atoms with Gasteiger partial charge in [0.05, 0.1) is 29.4 Å². The lowest BCUT2D eigenvalue weighted by Gasteiger charge is -2.08. The average Bonchev–Trinajstić information content (AvgIpc) is 2.98. The Hall–Kier alpha value is -1.67. The lowest BCUT2D eigenvalue weighted by atomic mass is 10.1. The van der Waals surface area contributed by atoms with E-state index in [-0.39, 0.29) is 12.3 Å². The van der Waals surface area contributed by atoms with Crippen LogP contribution in [0, 0.1) is 20.8 Å². The van der Waals surface area contributed by atoms with E-state index in [4.69, 9.17) is 4.74 Å². The molecule has 0 aliphatic rings. The summed E-state index contributed by atoms with van der Waals surface area (Å²) in [6.07, 6.45) is 1.98. The van der Waals surface area contributed by atoms with E-state index in [2.05, 4.69) is 26.3 Å².